The van der Waals surface area contributed by atoms with Crippen molar-refractivity contribution in [3.8, 4) is 0 Å². The lowest BCUT2D eigenvalue weighted by molar-refractivity contribution is 0.270. The minimum Gasteiger partial charge on any atom is -0.396 e. The van der Waals surface area contributed by atoms with Gasteiger partial charge >= 0.3 is 0 Å². The molecule has 0 aromatic heterocycles. The van der Waals surface area contributed by atoms with Crippen LogP contribution in [0.25, 0.3) is 0 Å². The molecular formula is C12H17Cl2NO3S. The first-order valence-corrected chi connectivity index (χ1v) is 8.33. The van der Waals surface area contributed by atoms with Crippen molar-refractivity contribution in [1.29, 1.82) is 0 Å². The zero-order valence-electron chi connectivity index (χ0n) is 10.6. The SMILES string of the molecule is CCNC(CCO)CS(=O)(=O)c1cc(Cl)ccc1Cl. The van der Waals surface area contributed by atoms with Gasteiger partial charge < -0.3 is 10.4 Å². The van der Waals surface area contributed by atoms with Crippen LogP contribution in [0.15, 0.2) is 23.1 Å². The zero-order valence-corrected chi connectivity index (χ0v) is 12.9. The zero-order chi connectivity index (χ0) is 14.5. The Morgan fingerprint density at radius 3 is 2.63 bits per heavy atom. The monoisotopic (exact) mass is 325 g/mol. The van der Waals surface area contributed by atoms with E-state index in [9.17, 15) is 8.42 Å². The molecule has 0 amide bonds. The number of aliphatic hydroxyl groups excluding tert-OH is 1. The summed E-state index contributed by atoms with van der Waals surface area (Å²) in [6.45, 7) is 2.43. The lowest BCUT2D eigenvalue weighted by atomic mass is 10.2. The second kappa shape index (κ2) is 7.45. The van der Waals surface area contributed by atoms with Gasteiger partial charge in [0.25, 0.3) is 0 Å². The first kappa shape index (κ1) is 16.7. The summed E-state index contributed by atoms with van der Waals surface area (Å²) in [6.07, 6.45) is 0.366. The molecule has 1 rings (SSSR count). The van der Waals surface area contributed by atoms with Crippen molar-refractivity contribution in [1.82, 2.24) is 5.32 Å². The van der Waals surface area contributed by atoms with E-state index in [1.165, 1.54) is 12.1 Å². The topological polar surface area (TPSA) is 66.4 Å². The summed E-state index contributed by atoms with van der Waals surface area (Å²) in [5.41, 5.74) is 0. The molecular weight excluding hydrogens is 309 g/mol. The summed E-state index contributed by atoms with van der Waals surface area (Å²) in [6, 6.07) is 4.04. The Morgan fingerprint density at radius 2 is 2.05 bits per heavy atom. The van der Waals surface area contributed by atoms with Crippen molar-refractivity contribution < 1.29 is 13.5 Å². The molecule has 0 aliphatic carbocycles. The molecule has 1 atom stereocenters. The third-order valence-electron chi connectivity index (χ3n) is 2.62. The molecule has 0 aliphatic heterocycles. The van der Waals surface area contributed by atoms with Gasteiger partial charge in [-0.3, -0.25) is 0 Å². The van der Waals surface area contributed by atoms with Gasteiger partial charge in [-0.25, -0.2) is 8.42 Å². The summed E-state index contributed by atoms with van der Waals surface area (Å²) < 4.78 is 24.6. The highest BCUT2D eigenvalue weighted by Crippen LogP contribution is 2.26. The molecule has 2 N–H and O–H groups in total. The van der Waals surface area contributed by atoms with Crippen molar-refractivity contribution in [2.45, 2.75) is 24.3 Å². The molecule has 0 radical (unpaired) electrons. The molecule has 0 aliphatic rings. The summed E-state index contributed by atoms with van der Waals surface area (Å²) in [5.74, 6) is -0.124. The first-order valence-electron chi connectivity index (χ1n) is 5.92. The average molecular weight is 326 g/mol. The predicted octanol–water partition coefficient (Wildman–Crippen LogP) is 2.13. The van der Waals surface area contributed by atoms with Gasteiger partial charge in [0.2, 0.25) is 0 Å². The van der Waals surface area contributed by atoms with E-state index in [1.807, 2.05) is 6.92 Å². The predicted molar refractivity (Wildman–Crippen MR) is 77.7 cm³/mol. The van der Waals surface area contributed by atoms with Gasteiger partial charge in [0.15, 0.2) is 9.84 Å². The van der Waals surface area contributed by atoms with Crippen LogP contribution in [0.1, 0.15) is 13.3 Å². The quantitative estimate of drug-likeness (QED) is 0.806. The van der Waals surface area contributed by atoms with Crippen LogP contribution < -0.4 is 5.32 Å². The Labute approximate surface area is 123 Å². The van der Waals surface area contributed by atoms with Crippen LogP contribution in [0.3, 0.4) is 0 Å². The number of sulfone groups is 1. The van der Waals surface area contributed by atoms with Crippen molar-refractivity contribution in [2.24, 2.45) is 0 Å². The highest BCUT2D eigenvalue weighted by molar-refractivity contribution is 7.91. The van der Waals surface area contributed by atoms with Crippen molar-refractivity contribution in [3.05, 3.63) is 28.2 Å². The summed E-state index contributed by atoms with van der Waals surface area (Å²) in [7, 11) is -3.55. The lowest BCUT2D eigenvalue weighted by Gasteiger charge is -2.17. The summed E-state index contributed by atoms with van der Waals surface area (Å²) >= 11 is 11.7. The van der Waals surface area contributed by atoms with E-state index in [1.54, 1.807) is 6.07 Å². The third-order valence-corrected chi connectivity index (χ3v) is 5.15. The Kier molecular flexibility index (Phi) is 6.56. The first-order chi connectivity index (χ1) is 8.90. The fourth-order valence-electron chi connectivity index (χ4n) is 1.76. The molecule has 1 aromatic rings. The third kappa shape index (κ3) is 4.93. The number of hydrogen-bond acceptors (Lipinski definition) is 4. The number of halogens is 2. The maximum atomic E-state index is 12.3. The summed E-state index contributed by atoms with van der Waals surface area (Å²) in [5, 5.41) is 12.5. The maximum absolute atomic E-state index is 12.3. The second-order valence-electron chi connectivity index (χ2n) is 4.12. The van der Waals surface area contributed by atoms with E-state index >= 15 is 0 Å². The van der Waals surface area contributed by atoms with Crippen LogP contribution in [0.5, 0.6) is 0 Å². The van der Waals surface area contributed by atoms with E-state index in [4.69, 9.17) is 28.3 Å². The van der Waals surface area contributed by atoms with Gasteiger partial charge in [-0.15, -0.1) is 0 Å². The van der Waals surface area contributed by atoms with Crippen molar-refractivity contribution in [3.63, 3.8) is 0 Å². The molecule has 0 fully saturated rings. The van der Waals surface area contributed by atoms with Gasteiger partial charge in [0.05, 0.1) is 15.7 Å². The number of nitrogens with one attached hydrogen (secondary N) is 1. The molecule has 0 saturated carbocycles. The number of rotatable bonds is 7. The van der Waals surface area contributed by atoms with Crippen LogP contribution in [0.4, 0.5) is 0 Å². The fraction of sp³-hybridized carbons (Fsp3) is 0.500. The van der Waals surface area contributed by atoms with E-state index in [-0.39, 0.29) is 28.3 Å². The molecule has 0 spiro atoms. The molecule has 1 unspecified atom stereocenters. The Hall–Kier alpha value is -0.330. The van der Waals surface area contributed by atoms with E-state index < -0.39 is 9.84 Å². The van der Waals surface area contributed by atoms with Crippen LogP contribution >= 0.6 is 23.2 Å². The number of aliphatic hydroxyl groups is 1. The van der Waals surface area contributed by atoms with Crippen molar-refractivity contribution in [2.75, 3.05) is 18.9 Å². The van der Waals surface area contributed by atoms with Crippen LogP contribution in [0.2, 0.25) is 10.0 Å². The van der Waals surface area contributed by atoms with E-state index in [0.29, 0.717) is 18.0 Å². The van der Waals surface area contributed by atoms with Crippen LogP contribution in [-0.2, 0) is 9.84 Å². The summed E-state index contributed by atoms with van der Waals surface area (Å²) in [4.78, 5) is 0.0301. The normalized spacial score (nSPS) is 13.5. The molecule has 0 bridgehead atoms. The average Bonchev–Trinajstić information content (AvgIpc) is 2.32. The molecule has 108 valence electrons. The van der Waals surface area contributed by atoms with E-state index in [2.05, 4.69) is 5.32 Å². The highest BCUT2D eigenvalue weighted by Gasteiger charge is 2.23. The standard InChI is InChI=1S/C12H17Cl2NO3S/c1-2-15-10(5-6-16)8-19(17,18)12-7-9(13)3-4-11(12)14/h3-4,7,10,15-16H,2,5-6,8H2,1H3. The van der Waals surface area contributed by atoms with Crippen LogP contribution in [0, 0.1) is 0 Å². The highest BCUT2D eigenvalue weighted by atomic mass is 35.5. The minimum atomic E-state index is -3.55. The Balaban J connectivity index is 2.99. The molecule has 0 saturated heterocycles. The fourth-order valence-corrected chi connectivity index (χ4v) is 4.13. The van der Waals surface area contributed by atoms with Gasteiger partial charge in [-0.05, 0) is 31.2 Å². The molecule has 1 aromatic carbocycles. The van der Waals surface area contributed by atoms with Crippen molar-refractivity contribution >= 4 is 33.0 Å². The smallest absolute Gasteiger partial charge is 0.181 e. The van der Waals surface area contributed by atoms with E-state index in [0.717, 1.165) is 0 Å². The van der Waals surface area contributed by atoms with Crippen LogP contribution in [-0.4, -0.2) is 38.5 Å². The van der Waals surface area contributed by atoms with Gasteiger partial charge in [0.1, 0.15) is 0 Å². The molecule has 4 nitrogen and oxygen atoms in total. The molecule has 0 heterocycles. The molecule has 19 heavy (non-hydrogen) atoms. The van der Waals surface area contributed by atoms with Gasteiger partial charge in [-0.1, -0.05) is 30.1 Å². The maximum Gasteiger partial charge on any atom is 0.181 e. The van der Waals surface area contributed by atoms with Gasteiger partial charge in [-0.2, -0.15) is 0 Å². The lowest BCUT2D eigenvalue weighted by Crippen LogP contribution is -2.36. The second-order valence-corrected chi connectivity index (χ2v) is 6.97. The molecule has 7 heteroatoms. The number of benzene rings is 1. The Morgan fingerprint density at radius 1 is 1.37 bits per heavy atom. The Bertz CT molecular complexity index is 514. The minimum absolute atomic E-state index is 0.0301. The largest absolute Gasteiger partial charge is 0.396 e. The number of hydrogen-bond donors (Lipinski definition) is 2. The van der Waals surface area contributed by atoms with Gasteiger partial charge in [0, 0.05) is 17.7 Å².